The molecule has 1 saturated heterocycles. The Morgan fingerprint density at radius 3 is 2.65 bits per heavy atom. The van der Waals surface area contributed by atoms with Crippen LogP contribution in [0.15, 0.2) is 0 Å². The second kappa shape index (κ2) is 8.35. The highest BCUT2D eigenvalue weighted by atomic mass is 16.5. The van der Waals surface area contributed by atoms with Crippen LogP contribution in [0.5, 0.6) is 0 Å². The highest BCUT2D eigenvalue weighted by Gasteiger charge is 2.34. The van der Waals surface area contributed by atoms with Gasteiger partial charge in [-0.25, -0.2) is 0 Å². The molecule has 4 atom stereocenters. The average molecular weight is 282 g/mol. The van der Waals surface area contributed by atoms with Crippen LogP contribution in [-0.2, 0) is 4.74 Å². The van der Waals surface area contributed by atoms with Gasteiger partial charge in [-0.1, -0.05) is 33.1 Å². The summed E-state index contributed by atoms with van der Waals surface area (Å²) in [6.07, 6.45) is 10.8. The summed E-state index contributed by atoms with van der Waals surface area (Å²) in [5, 5.41) is 0. The average Bonchev–Trinajstić information content (AvgIpc) is 2.49. The lowest BCUT2D eigenvalue weighted by Crippen LogP contribution is -2.52. The zero-order chi connectivity index (χ0) is 14.4. The zero-order valence-corrected chi connectivity index (χ0v) is 13.5. The number of rotatable bonds is 6. The summed E-state index contributed by atoms with van der Waals surface area (Å²) in [6.45, 7) is 7.57. The molecule has 0 aromatic carbocycles. The first-order chi connectivity index (χ1) is 9.80. The summed E-state index contributed by atoms with van der Waals surface area (Å²) in [5.74, 6) is 0.719. The molecule has 3 heteroatoms. The van der Waals surface area contributed by atoms with Crippen LogP contribution >= 0.6 is 0 Å². The molecule has 0 aromatic rings. The summed E-state index contributed by atoms with van der Waals surface area (Å²) in [6, 6.07) is 1.45. The zero-order valence-electron chi connectivity index (χ0n) is 13.5. The summed E-state index contributed by atoms with van der Waals surface area (Å²) in [5.41, 5.74) is 6.04. The van der Waals surface area contributed by atoms with Crippen LogP contribution in [0.25, 0.3) is 0 Å². The molecule has 1 aliphatic carbocycles. The van der Waals surface area contributed by atoms with Crippen molar-refractivity contribution in [2.24, 2.45) is 11.7 Å². The molecule has 2 fully saturated rings. The number of nitrogens with zero attached hydrogens (tertiary/aromatic N) is 1. The summed E-state index contributed by atoms with van der Waals surface area (Å²) >= 11 is 0. The van der Waals surface area contributed by atoms with E-state index >= 15 is 0 Å². The molecule has 1 heterocycles. The van der Waals surface area contributed by atoms with E-state index in [0.717, 1.165) is 31.2 Å². The molecular formula is C17H34N2O. The molecule has 0 bridgehead atoms. The van der Waals surface area contributed by atoms with E-state index in [9.17, 15) is 0 Å². The summed E-state index contributed by atoms with van der Waals surface area (Å²) < 4.78 is 5.93. The third-order valence-electron chi connectivity index (χ3n) is 5.38. The van der Waals surface area contributed by atoms with E-state index in [2.05, 4.69) is 18.7 Å². The van der Waals surface area contributed by atoms with Gasteiger partial charge in [0.25, 0.3) is 0 Å². The van der Waals surface area contributed by atoms with Gasteiger partial charge >= 0.3 is 0 Å². The van der Waals surface area contributed by atoms with E-state index in [1.165, 1.54) is 57.9 Å². The quantitative estimate of drug-likeness (QED) is 0.813. The normalized spacial score (nSPS) is 35.4. The lowest BCUT2D eigenvalue weighted by Gasteiger charge is -2.46. The van der Waals surface area contributed by atoms with Crippen LogP contribution in [0, 0.1) is 5.92 Å². The molecule has 2 rings (SSSR count). The Labute approximate surface area is 125 Å². The van der Waals surface area contributed by atoms with Gasteiger partial charge in [0.15, 0.2) is 0 Å². The van der Waals surface area contributed by atoms with Crippen LogP contribution in [-0.4, -0.2) is 42.8 Å². The highest BCUT2D eigenvalue weighted by Crippen LogP contribution is 2.32. The minimum Gasteiger partial charge on any atom is -0.378 e. The van der Waals surface area contributed by atoms with Crippen molar-refractivity contribution in [2.75, 3.05) is 19.7 Å². The van der Waals surface area contributed by atoms with Crippen LogP contribution in [0.3, 0.4) is 0 Å². The SMILES string of the molecule is CCCC1CC(N(CC)C2CCCCC2CN)CCO1. The van der Waals surface area contributed by atoms with Crippen molar-refractivity contribution in [3.05, 3.63) is 0 Å². The van der Waals surface area contributed by atoms with Crippen molar-refractivity contribution < 1.29 is 4.74 Å². The predicted octanol–water partition coefficient (Wildman–Crippen LogP) is 3.17. The van der Waals surface area contributed by atoms with E-state index < -0.39 is 0 Å². The number of ether oxygens (including phenoxy) is 1. The molecule has 20 heavy (non-hydrogen) atoms. The van der Waals surface area contributed by atoms with E-state index in [4.69, 9.17) is 10.5 Å². The topological polar surface area (TPSA) is 38.5 Å². The van der Waals surface area contributed by atoms with Crippen LogP contribution < -0.4 is 5.73 Å². The van der Waals surface area contributed by atoms with E-state index in [1.807, 2.05) is 0 Å². The Kier molecular flexibility index (Phi) is 6.79. The molecule has 4 unspecified atom stereocenters. The molecule has 118 valence electrons. The molecule has 1 aliphatic heterocycles. The van der Waals surface area contributed by atoms with Gasteiger partial charge in [-0.05, 0) is 51.1 Å². The van der Waals surface area contributed by atoms with Gasteiger partial charge in [-0.3, -0.25) is 4.90 Å². The maximum Gasteiger partial charge on any atom is 0.0590 e. The molecule has 0 aromatic heterocycles. The van der Waals surface area contributed by atoms with Crippen molar-refractivity contribution in [3.8, 4) is 0 Å². The fourth-order valence-corrected chi connectivity index (χ4v) is 4.35. The Balaban J connectivity index is 1.98. The minimum atomic E-state index is 0.493. The third kappa shape index (κ3) is 3.96. The number of nitrogens with two attached hydrogens (primary N) is 1. The summed E-state index contributed by atoms with van der Waals surface area (Å²) in [4.78, 5) is 2.78. The van der Waals surface area contributed by atoms with Gasteiger partial charge in [-0.2, -0.15) is 0 Å². The van der Waals surface area contributed by atoms with Crippen molar-refractivity contribution in [2.45, 2.75) is 83.4 Å². The Morgan fingerprint density at radius 2 is 1.95 bits per heavy atom. The fraction of sp³-hybridized carbons (Fsp3) is 1.00. The molecule has 1 saturated carbocycles. The standard InChI is InChI=1S/C17H34N2O/c1-3-7-16-12-15(10-11-20-16)19(4-2)17-9-6-5-8-14(17)13-18/h14-17H,3-13,18H2,1-2H3. The lowest BCUT2D eigenvalue weighted by molar-refractivity contribution is -0.0490. The second-order valence-corrected chi connectivity index (χ2v) is 6.64. The van der Waals surface area contributed by atoms with Crippen molar-refractivity contribution in [1.29, 1.82) is 0 Å². The predicted molar refractivity (Wildman–Crippen MR) is 84.9 cm³/mol. The smallest absolute Gasteiger partial charge is 0.0590 e. The Bertz CT molecular complexity index is 270. The highest BCUT2D eigenvalue weighted by molar-refractivity contribution is 4.89. The van der Waals surface area contributed by atoms with E-state index in [-0.39, 0.29) is 0 Å². The van der Waals surface area contributed by atoms with Gasteiger partial charge in [-0.15, -0.1) is 0 Å². The minimum absolute atomic E-state index is 0.493. The van der Waals surface area contributed by atoms with Crippen molar-refractivity contribution >= 4 is 0 Å². The van der Waals surface area contributed by atoms with Gasteiger partial charge in [0.05, 0.1) is 6.10 Å². The maximum absolute atomic E-state index is 6.04. The molecular weight excluding hydrogens is 248 g/mol. The first kappa shape index (κ1) is 16.3. The Morgan fingerprint density at radius 1 is 1.15 bits per heavy atom. The second-order valence-electron chi connectivity index (χ2n) is 6.64. The van der Waals surface area contributed by atoms with E-state index in [0.29, 0.717) is 6.10 Å². The molecule has 3 nitrogen and oxygen atoms in total. The molecule has 2 aliphatic rings. The first-order valence-electron chi connectivity index (χ1n) is 8.87. The molecule has 0 radical (unpaired) electrons. The van der Waals surface area contributed by atoms with Crippen LogP contribution in [0.1, 0.15) is 65.2 Å². The van der Waals surface area contributed by atoms with E-state index in [1.54, 1.807) is 0 Å². The summed E-state index contributed by atoms with van der Waals surface area (Å²) in [7, 11) is 0. The molecule has 0 spiro atoms. The molecule has 2 N–H and O–H groups in total. The van der Waals surface area contributed by atoms with Crippen molar-refractivity contribution in [1.82, 2.24) is 4.90 Å². The van der Waals surface area contributed by atoms with Gasteiger partial charge in [0.1, 0.15) is 0 Å². The van der Waals surface area contributed by atoms with Gasteiger partial charge in [0.2, 0.25) is 0 Å². The van der Waals surface area contributed by atoms with Gasteiger partial charge < -0.3 is 10.5 Å². The number of hydrogen-bond acceptors (Lipinski definition) is 3. The van der Waals surface area contributed by atoms with Gasteiger partial charge in [0, 0.05) is 18.7 Å². The lowest BCUT2D eigenvalue weighted by atomic mass is 9.82. The van der Waals surface area contributed by atoms with Crippen LogP contribution in [0.4, 0.5) is 0 Å². The van der Waals surface area contributed by atoms with Crippen LogP contribution in [0.2, 0.25) is 0 Å². The monoisotopic (exact) mass is 282 g/mol. The number of hydrogen-bond donors (Lipinski definition) is 1. The first-order valence-corrected chi connectivity index (χ1v) is 8.87. The third-order valence-corrected chi connectivity index (χ3v) is 5.38. The Hall–Kier alpha value is -0.120. The molecule has 0 amide bonds. The largest absolute Gasteiger partial charge is 0.378 e. The fourth-order valence-electron chi connectivity index (χ4n) is 4.35. The van der Waals surface area contributed by atoms with Crippen molar-refractivity contribution in [3.63, 3.8) is 0 Å². The maximum atomic E-state index is 6.04.